The fourth-order valence-corrected chi connectivity index (χ4v) is 5.23. The molecule has 1 aromatic heterocycles. The first-order valence-corrected chi connectivity index (χ1v) is 11.4. The molecular formula is C18H23N5O3S2. The molecule has 0 bridgehead atoms. The van der Waals surface area contributed by atoms with Crippen molar-refractivity contribution in [2.45, 2.75) is 36.4 Å². The first-order chi connectivity index (χ1) is 13.4. The molecule has 0 spiro atoms. The Kier molecular flexibility index (Phi) is 6.53. The lowest BCUT2D eigenvalue weighted by Gasteiger charge is -2.15. The number of hydrogen-bond acceptors (Lipinski definition) is 6. The van der Waals surface area contributed by atoms with Crippen molar-refractivity contribution in [1.29, 1.82) is 0 Å². The maximum atomic E-state index is 12.5. The lowest BCUT2D eigenvalue weighted by molar-refractivity contribution is -0.113. The van der Waals surface area contributed by atoms with Gasteiger partial charge in [0, 0.05) is 25.3 Å². The number of rotatable bonds is 8. The van der Waals surface area contributed by atoms with Gasteiger partial charge in [0.05, 0.1) is 10.6 Å². The first kappa shape index (κ1) is 20.6. The Hall–Kier alpha value is -2.17. The second-order valence-corrected chi connectivity index (χ2v) is 9.28. The Labute approximate surface area is 169 Å². The highest BCUT2D eigenvalue weighted by Crippen LogP contribution is 2.22. The van der Waals surface area contributed by atoms with Gasteiger partial charge < -0.3 is 9.88 Å². The molecule has 150 valence electrons. The van der Waals surface area contributed by atoms with Crippen LogP contribution in [0.4, 0.5) is 5.69 Å². The first-order valence-electron chi connectivity index (χ1n) is 8.95. The van der Waals surface area contributed by atoms with Gasteiger partial charge in [-0.1, -0.05) is 17.8 Å². The zero-order valence-corrected chi connectivity index (χ0v) is 17.3. The molecule has 1 aliphatic heterocycles. The van der Waals surface area contributed by atoms with Gasteiger partial charge in [0.2, 0.25) is 15.9 Å². The van der Waals surface area contributed by atoms with Crippen molar-refractivity contribution in [2.24, 2.45) is 0 Å². The molecule has 28 heavy (non-hydrogen) atoms. The van der Waals surface area contributed by atoms with Crippen molar-refractivity contribution in [3.05, 3.63) is 42.7 Å². The van der Waals surface area contributed by atoms with Gasteiger partial charge in [-0.15, -0.1) is 16.8 Å². The molecule has 1 amide bonds. The van der Waals surface area contributed by atoms with Gasteiger partial charge in [-0.05, 0) is 44.0 Å². The summed E-state index contributed by atoms with van der Waals surface area (Å²) < 4.78 is 28.4. The highest BCUT2D eigenvalue weighted by molar-refractivity contribution is 7.99. The molecule has 0 aliphatic carbocycles. The van der Waals surface area contributed by atoms with Gasteiger partial charge in [-0.25, -0.2) is 8.42 Å². The SMILES string of the molecule is C=CCn1c(C)nnc1SCC(=O)Nc1ccc(S(=O)(=O)N2CCCC2)cc1. The molecule has 0 atom stereocenters. The van der Waals surface area contributed by atoms with Crippen LogP contribution in [0, 0.1) is 6.92 Å². The van der Waals surface area contributed by atoms with E-state index < -0.39 is 10.0 Å². The molecule has 3 rings (SSSR count). The lowest BCUT2D eigenvalue weighted by atomic mass is 10.3. The predicted octanol–water partition coefficient (Wildman–Crippen LogP) is 2.29. The van der Waals surface area contributed by atoms with Crippen LogP contribution in [0.2, 0.25) is 0 Å². The Morgan fingerprint density at radius 2 is 1.93 bits per heavy atom. The van der Waals surface area contributed by atoms with E-state index in [9.17, 15) is 13.2 Å². The zero-order chi connectivity index (χ0) is 20.1. The monoisotopic (exact) mass is 421 g/mol. The summed E-state index contributed by atoms with van der Waals surface area (Å²) in [7, 11) is -3.45. The van der Waals surface area contributed by atoms with Crippen LogP contribution in [0.3, 0.4) is 0 Å². The summed E-state index contributed by atoms with van der Waals surface area (Å²) in [6.45, 7) is 7.26. The van der Waals surface area contributed by atoms with Crippen molar-refractivity contribution < 1.29 is 13.2 Å². The van der Waals surface area contributed by atoms with Crippen LogP contribution in [0.25, 0.3) is 0 Å². The van der Waals surface area contributed by atoms with Crippen molar-refractivity contribution in [3.63, 3.8) is 0 Å². The fourth-order valence-electron chi connectivity index (χ4n) is 2.92. The molecule has 1 fully saturated rings. The van der Waals surface area contributed by atoms with Crippen LogP contribution in [-0.2, 0) is 21.4 Å². The van der Waals surface area contributed by atoms with Gasteiger partial charge in [0.15, 0.2) is 5.16 Å². The Balaban J connectivity index is 1.58. The maximum Gasteiger partial charge on any atom is 0.243 e. The second-order valence-electron chi connectivity index (χ2n) is 6.40. The third-order valence-corrected chi connectivity index (χ3v) is 7.27. The third-order valence-electron chi connectivity index (χ3n) is 4.39. The van der Waals surface area contributed by atoms with Crippen LogP contribution in [-0.4, -0.2) is 52.2 Å². The summed E-state index contributed by atoms with van der Waals surface area (Å²) in [5.41, 5.74) is 0.551. The van der Waals surface area contributed by atoms with Crippen LogP contribution < -0.4 is 5.32 Å². The number of sulfonamides is 1. The highest BCUT2D eigenvalue weighted by atomic mass is 32.2. The number of allylic oxidation sites excluding steroid dienone is 1. The fraction of sp³-hybridized carbons (Fsp3) is 0.389. The number of aryl methyl sites for hydroxylation is 1. The Morgan fingerprint density at radius 1 is 1.25 bits per heavy atom. The predicted molar refractivity (Wildman–Crippen MR) is 109 cm³/mol. The standard InChI is InChI=1S/C18H23N5O3S2/c1-3-10-23-14(2)20-21-18(23)27-13-17(24)19-15-6-8-16(9-7-15)28(25,26)22-11-4-5-12-22/h3,6-9H,1,4-5,10-13H2,2H3,(H,19,24). The lowest BCUT2D eigenvalue weighted by Crippen LogP contribution is -2.27. The van der Waals surface area contributed by atoms with E-state index in [1.54, 1.807) is 18.2 Å². The smallest absolute Gasteiger partial charge is 0.243 e. The van der Waals surface area contributed by atoms with E-state index in [-0.39, 0.29) is 16.6 Å². The highest BCUT2D eigenvalue weighted by Gasteiger charge is 2.26. The Bertz CT molecular complexity index is 948. The van der Waals surface area contributed by atoms with Crippen molar-refractivity contribution in [1.82, 2.24) is 19.1 Å². The molecule has 1 aliphatic rings. The minimum Gasteiger partial charge on any atom is -0.325 e. The molecule has 1 aromatic carbocycles. The van der Waals surface area contributed by atoms with Crippen molar-refractivity contribution in [3.8, 4) is 0 Å². The summed E-state index contributed by atoms with van der Waals surface area (Å²) in [5, 5.41) is 11.5. The minimum absolute atomic E-state index is 0.170. The molecule has 0 saturated carbocycles. The van der Waals surface area contributed by atoms with Crippen LogP contribution in [0.1, 0.15) is 18.7 Å². The molecule has 2 heterocycles. The van der Waals surface area contributed by atoms with Gasteiger partial charge in [-0.2, -0.15) is 4.31 Å². The zero-order valence-electron chi connectivity index (χ0n) is 15.7. The second kappa shape index (κ2) is 8.89. The number of anilines is 1. The molecular weight excluding hydrogens is 398 g/mol. The average Bonchev–Trinajstić information content (AvgIpc) is 3.33. The normalized spacial score (nSPS) is 14.9. The van der Waals surface area contributed by atoms with E-state index in [0.29, 0.717) is 30.5 Å². The number of amides is 1. The number of thioether (sulfide) groups is 1. The number of hydrogen-bond donors (Lipinski definition) is 1. The van der Waals surface area contributed by atoms with E-state index in [1.165, 1.54) is 28.2 Å². The molecule has 2 aromatic rings. The van der Waals surface area contributed by atoms with E-state index in [1.807, 2.05) is 11.5 Å². The molecule has 0 unspecified atom stereocenters. The van der Waals surface area contributed by atoms with Gasteiger partial charge >= 0.3 is 0 Å². The summed E-state index contributed by atoms with van der Waals surface area (Å²) in [5.74, 6) is 0.729. The minimum atomic E-state index is -3.45. The topological polar surface area (TPSA) is 97.2 Å². The number of carbonyl (C=O) groups is 1. The quantitative estimate of drug-likeness (QED) is 0.519. The van der Waals surface area contributed by atoms with E-state index in [2.05, 4.69) is 22.1 Å². The van der Waals surface area contributed by atoms with Crippen molar-refractivity contribution in [2.75, 3.05) is 24.2 Å². The van der Waals surface area contributed by atoms with Gasteiger partial charge in [0.25, 0.3) is 0 Å². The van der Waals surface area contributed by atoms with E-state index in [4.69, 9.17) is 0 Å². The summed E-state index contributed by atoms with van der Waals surface area (Å²) in [6, 6.07) is 6.27. The summed E-state index contributed by atoms with van der Waals surface area (Å²) in [6.07, 6.45) is 3.54. The molecule has 10 heteroatoms. The Morgan fingerprint density at radius 3 is 2.57 bits per heavy atom. The van der Waals surface area contributed by atoms with Gasteiger partial charge in [-0.3, -0.25) is 4.79 Å². The largest absolute Gasteiger partial charge is 0.325 e. The van der Waals surface area contributed by atoms with E-state index in [0.717, 1.165) is 18.7 Å². The average molecular weight is 422 g/mol. The maximum absolute atomic E-state index is 12.5. The number of benzene rings is 1. The molecule has 1 N–H and O–H groups in total. The molecule has 8 nitrogen and oxygen atoms in total. The van der Waals surface area contributed by atoms with Crippen LogP contribution >= 0.6 is 11.8 Å². The number of aromatic nitrogens is 3. The summed E-state index contributed by atoms with van der Waals surface area (Å²) >= 11 is 1.29. The van der Waals surface area contributed by atoms with Crippen LogP contribution in [0.15, 0.2) is 47.0 Å². The van der Waals surface area contributed by atoms with Crippen LogP contribution in [0.5, 0.6) is 0 Å². The summed E-state index contributed by atoms with van der Waals surface area (Å²) in [4.78, 5) is 12.5. The number of carbonyl (C=O) groups excluding carboxylic acids is 1. The molecule has 0 radical (unpaired) electrons. The van der Waals surface area contributed by atoms with Gasteiger partial charge in [0.1, 0.15) is 5.82 Å². The number of nitrogens with zero attached hydrogens (tertiary/aromatic N) is 4. The molecule has 1 saturated heterocycles. The van der Waals surface area contributed by atoms with Crippen molar-refractivity contribution >= 4 is 33.4 Å². The third kappa shape index (κ3) is 4.62. The van der Waals surface area contributed by atoms with E-state index >= 15 is 0 Å². The number of nitrogens with one attached hydrogen (secondary N) is 1.